The van der Waals surface area contributed by atoms with Crippen LogP contribution in [0, 0.1) is 11.8 Å². The molecule has 12 heavy (non-hydrogen) atoms. The molecule has 0 amide bonds. The van der Waals surface area contributed by atoms with Gasteiger partial charge in [0.15, 0.2) is 0 Å². The molecule has 1 heteroatoms. The van der Waals surface area contributed by atoms with Crippen LogP contribution in [0.15, 0.2) is 0 Å². The minimum Gasteiger partial charge on any atom is -0.306 e. The first-order valence-corrected chi connectivity index (χ1v) is 5.37. The fourth-order valence-corrected chi connectivity index (χ4v) is 2.33. The maximum absolute atomic E-state index is 2.50. The summed E-state index contributed by atoms with van der Waals surface area (Å²) < 4.78 is 0. The first-order valence-electron chi connectivity index (χ1n) is 5.37. The molecule has 1 fully saturated rings. The molecule has 0 bridgehead atoms. The fourth-order valence-electron chi connectivity index (χ4n) is 2.33. The van der Waals surface area contributed by atoms with Gasteiger partial charge in [0.1, 0.15) is 0 Å². The van der Waals surface area contributed by atoms with Gasteiger partial charge in [-0.25, -0.2) is 0 Å². The van der Waals surface area contributed by atoms with Gasteiger partial charge in [-0.2, -0.15) is 0 Å². The highest BCUT2D eigenvalue weighted by atomic mass is 15.1. The second-order valence-corrected chi connectivity index (χ2v) is 4.77. The second-order valence-electron chi connectivity index (χ2n) is 4.77. The van der Waals surface area contributed by atoms with E-state index in [0.29, 0.717) is 0 Å². The molecule has 0 unspecified atom stereocenters. The highest BCUT2D eigenvalue weighted by Crippen LogP contribution is 2.25. The quantitative estimate of drug-likeness (QED) is 0.625. The van der Waals surface area contributed by atoms with Gasteiger partial charge in [0.2, 0.25) is 0 Å². The van der Waals surface area contributed by atoms with E-state index in [1.165, 1.54) is 38.8 Å². The summed E-state index contributed by atoms with van der Waals surface area (Å²) in [5.74, 6) is 1.82. The molecule has 72 valence electrons. The van der Waals surface area contributed by atoms with E-state index in [1.54, 1.807) is 0 Å². The molecular formula is C11H23N. The van der Waals surface area contributed by atoms with Gasteiger partial charge in [-0.05, 0) is 31.7 Å². The SMILES string of the molecule is CC(C)CN(C)CC1CCCC1. The van der Waals surface area contributed by atoms with Crippen LogP contribution in [0.3, 0.4) is 0 Å². The van der Waals surface area contributed by atoms with E-state index >= 15 is 0 Å². The average molecular weight is 169 g/mol. The van der Waals surface area contributed by atoms with Crippen LogP contribution in [0.4, 0.5) is 0 Å². The third kappa shape index (κ3) is 3.57. The minimum absolute atomic E-state index is 0.816. The first kappa shape index (κ1) is 10.0. The van der Waals surface area contributed by atoms with Crippen molar-refractivity contribution in [3.8, 4) is 0 Å². The fraction of sp³-hybridized carbons (Fsp3) is 1.00. The topological polar surface area (TPSA) is 3.24 Å². The van der Waals surface area contributed by atoms with Gasteiger partial charge in [-0.3, -0.25) is 0 Å². The zero-order valence-corrected chi connectivity index (χ0v) is 8.84. The van der Waals surface area contributed by atoms with Crippen molar-refractivity contribution in [3.63, 3.8) is 0 Å². The van der Waals surface area contributed by atoms with Gasteiger partial charge in [-0.1, -0.05) is 26.7 Å². The van der Waals surface area contributed by atoms with E-state index in [-0.39, 0.29) is 0 Å². The Morgan fingerprint density at radius 2 is 1.83 bits per heavy atom. The van der Waals surface area contributed by atoms with Crippen LogP contribution in [-0.4, -0.2) is 25.0 Å². The lowest BCUT2D eigenvalue weighted by atomic mass is 10.1. The molecule has 0 N–H and O–H groups in total. The molecule has 0 atom stereocenters. The summed E-state index contributed by atoms with van der Waals surface area (Å²) in [6.45, 7) is 7.19. The summed E-state index contributed by atoms with van der Waals surface area (Å²) in [5, 5.41) is 0. The van der Waals surface area contributed by atoms with Crippen molar-refractivity contribution in [1.82, 2.24) is 4.90 Å². The van der Waals surface area contributed by atoms with Crippen LogP contribution >= 0.6 is 0 Å². The number of hydrogen-bond donors (Lipinski definition) is 0. The van der Waals surface area contributed by atoms with Gasteiger partial charge in [0.25, 0.3) is 0 Å². The Kier molecular flexibility index (Phi) is 4.07. The Balaban J connectivity index is 2.11. The molecule has 0 aromatic heterocycles. The molecule has 0 aromatic rings. The highest BCUT2D eigenvalue weighted by Gasteiger charge is 2.16. The van der Waals surface area contributed by atoms with Crippen LogP contribution in [0.2, 0.25) is 0 Å². The van der Waals surface area contributed by atoms with Gasteiger partial charge in [0.05, 0.1) is 0 Å². The van der Waals surface area contributed by atoms with Gasteiger partial charge in [0, 0.05) is 13.1 Å². The summed E-state index contributed by atoms with van der Waals surface area (Å²) >= 11 is 0. The van der Waals surface area contributed by atoms with Crippen LogP contribution in [0.25, 0.3) is 0 Å². The smallest absolute Gasteiger partial charge is 0.000672 e. The van der Waals surface area contributed by atoms with E-state index in [4.69, 9.17) is 0 Å². The predicted octanol–water partition coefficient (Wildman–Crippen LogP) is 2.76. The van der Waals surface area contributed by atoms with Crippen molar-refractivity contribution in [3.05, 3.63) is 0 Å². The van der Waals surface area contributed by atoms with Crippen LogP contribution < -0.4 is 0 Å². The van der Waals surface area contributed by atoms with Crippen LogP contribution in [0.1, 0.15) is 39.5 Å². The Bertz CT molecular complexity index is 114. The van der Waals surface area contributed by atoms with E-state index in [1.807, 2.05) is 0 Å². The zero-order valence-electron chi connectivity index (χ0n) is 8.84. The molecule has 0 aliphatic heterocycles. The van der Waals surface area contributed by atoms with Crippen molar-refractivity contribution in [2.75, 3.05) is 20.1 Å². The molecule has 0 radical (unpaired) electrons. The maximum Gasteiger partial charge on any atom is 0.000672 e. The first-order chi connectivity index (χ1) is 5.68. The highest BCUT2D eigenvalue weighted by molar-refractivity contribution is 4.70. The molecule has 1 rings (SSSR count). The number of nitrogens with zero attached hydrogens (tertiary/aromatic N) is 1. The van der Waals surface area contributed by atoms with E-state index in [0.717, 1.165) is 11.8 Å². The van der Waals surface area contributed by atoms with Crippen LogP contribution in [0.5, 0.6) is 0 Å². The zero-order chi connectivity index (χ0) is 8.97. The van der Waals surface area contributed by atoms with Crippen molar-refractivity contribution < 1.29 is 0 Å². The summed E-state index contributed by atoms with van der Waals surface area (Å²) in [6.07, 6.45) is 5.89. The lowest BCUT2D eigenvalue weighted by Crippen LogP contribution is -2.28. The van der Waals surface area contributed by atoms with Crippen molar-refractivity contribution in [2.45, 2.75) is 39.5 Å². The van der Waals surface area contributed by atoms with E-state index in [9.17, 15) is 0 Å². The maximum atomic E-state index is 2.50. The van der Waals surface area contributed by atoms with Gasteiger partial charge in [-0.15, -0.1) is 0 Å². The van der Waals surface area contributed by atoms with Gasteiger partial charge >= 0.3 is 0 Å². The summed E-state index contributed by atoms with van der Waals surface area (Å²) in [7, 11) is 2.26. The Hall–Kier alpha value is -0.0400. The molecule has 0 spiro atoms. The normalized spacial score (nSPS) is 19.8. The minimum atomic E-state index is 0.816. The van der Waals surface area contributed by atoms with E-state index < -0.39 is 0 Å². The Morgan fingerprint density at radius 1 is 1.25 bits per heavy atom. The lowest BCUT2D eigenvalue weighted by Gasteiger charge is -2.22. The van der Waals surface area contributed by atoms with Crippen molar-refractivity contribution >= 4 is 0 Å². The molecule has 1 nitrogen and oxygen atoms in total. The molecule has 0 aromatic carbocycles. The monoisotopic (exact) mass is 169 g/mol. The van der Waals surface area contributed by atoms with Gasteiger partial charge < -0.3 is 4.90 Å². The molecule has 1 aliphatic rings. The molecule has 1 saturated carbocycles. The van der Waals surface area contributed by atoms with Crippen LogP contribution in [-0.2, 0) is 0 Å². The Labute approximate surface area is 77.1 Å². The summed E-state index contributed by atoms with van der Waals surface area (Å²) in [6, 6.07) is 0. The average Bonchev–Trinajstić information content (AvgIpc) is 2.37. The lowest BCUT2D eigenvalue weighted by molar-refractivity contribution is 0.252. The van der Waals surface area contributed by atoms with Crippen molar-refractivity contribution in [2.24, 2.45) is 11.8 Å². The molecule has 0 saturated heterocycles. The van der Waals surface area contributed by atoms with Crippen molar-refractivity contribution in [1.29, 1.82) is 0 Å². The van der Waals surface area contributed by atoms with E-state index in [2.05, 4.69) is 25.8 Å². The Morgan fingerprint density at radius 3 is 2.33 bits per heavy atom. The molecular weight excluding hydrogens is 146 g/mol. The number of rotatable bonds is 4. The molecule has 0 heterocycles. The largest absolute Gasteiger partial charge is 0.306 e. The standard InChI is InChI=1S/C11H23N/c1-10(2)8-12(3)9-11-6-4-5-7-11/h10-11H,4-9H2,1-3H3. The predicted molar refractivity (Wildman–Crippen MR) is 54.3 cm³/mol. The number of hydrogen-bond acceptors (Lipinski definition) is 1. The third-order valence-corrected chi connectivity index (χ3v) is 2.72. The summed E-state index contributed by atoms with van der Waals surface area (Å²) in [4.78, 5) is 2.50. The second kappa shape index (κ2) is 4.86. The molecule has 1 aliphatic carbocycles. The summed E-state index contributed by atoms with van der Waals surface area (Å²) in [5.41, 5.74) is 0. The third-order valence-electron chi connectivity index (χ3n) is 2.72.